The van der Waals surface area contributed by atoms with Crippen LogP contribution < -0.4 is 5.32 Å². The predicted molar refractivity (Wildman–Crippen MR) is 74.1 cm³/mol. The molecule has 1 N–H and O–H groups in total. The molecule has 0 bridgehead atoms. The molecule has 0 saturated carbocycles. The van der Waals surface area contributed by atoms with E-state index in [4.69, 9.17) is 27.9 Å². The van der Waals surface area contributed by atoms with Gasteiger partial charge in [-0.05, 0) is 31.0 Å². The molecule has 0 heterocycles. The normalized spacial score (nSPS) is 12.7. The molecule has 17 heavy (non-hydrogen) atoms. The Balaban J connectivity index is 2.67. The van der Waals surface area contributed by atoms with Crippen LogP contribution in [0.2, 0.25) is 10.0 Å². The molecule has 1 rings (SSSR count). The van der Waals surface area contributed by atoms with Gasteiger partial charge in [-0.3, -0.25) is 0 Å². The SMILES string of the molecule is CCNC(CCOC)Cc1cccc(Cl)c1Cl. The van der Waals surface area contributed by atoms with Crippen LogP contribution in [-0.4, -0.2) is 26.3 Å². The number of ether oxygens (including phenoxy) is 1. The molecule has 0 aliphatic heterocycles. The minimum Gasteiger partial charge on any atom is -0.385 e. The van der Waals surface area contributed by atoms with Crippen molar-refractivity contribution >= 4 is 23.2 Å². The summed E-state index contributed by atoms with van der Waals surface area (Å²) in [7, 11) is 1.72. The maximum atomic E-state index is 6.18. The van der Waals surface area contributed by atoms with Crippen LogP contribution in [0.4, 0.5) is 0 Å². The quantitative estimate of drug-likeness (QED) is 0.822. The lowest BCUT2D eigenvalue weighted by atomic mass is 10.0. The van der Waals surface area contributed by atoms with Gasteiger partial charge >= 0.3 is 0 Å². The van der Waals surface area contributed by atoms with Gasteiger partial charge in [-0.25, -0.2) is 0 Å². The maximum Gasteiger partial charge on any atom is 0.0624 e. The second-order valence-electron chi connectivity index (χ2n) is 3.95. The van der Waals surface area contributed by atoms with E-state index in [2.05, 4.69) is 12.2 Å². The van der Waals surface area contributed by atoms with Gasteiger partial charge in [-0.15, -0.1) is 0 Å². The summed E-state index contributed by atoms with van der Waals surface area (Å²) in [5.74, 6) is 0. The lowest BCUT2D eigenvalue weighted by Crippen LogP contribution is -2.32. The molecule has 1 atom stereocenters. The average Bonchev–Trinajstić information content (AvgIpc) is 2.32. The van der Waals surface area contributed by atoms with Crippen LogP contribution in [0.3, 0.4) is 0 Å². The summed E-state index contributed by atoms with van der Waals surface area (Å²) in [6, 6.07) is 6.13. The Hall–Kier alpha value is -0.280. The molecular formula is C13H19Cl2NO. The molecule has 96 valence electrons. The van der Waals surface area contributed by atoms with Crippen molar-refractivity contribution < 1.29 is 4.74 Å². The third-order valence-corrected chi connectivity index (χ3v) is 3.52. The lowest BCUT2D eigenvalue weighted by molar-refractivity contribution is 0.183. The Morgan fingerprint density at radius 1 is 1.35 bits per heavy atom. The van der Waals surface area contributed by atoms with Gasteiger partial charge in [0, 0.05) is 19.8 Å². The van der Waals surface area contributed by atoms with E-state index in [1.54, 1.807) is 7.11 Å². The van der Waals surface area contributed by atoms with Crippen molar-refractivity contribution in [2.24, 2.45) is 0 Å². The van der Waals surface area contributed by atoms with E-state index in [1.165, 1.54) is 0 Å². The first-order valence-corrected chi connectivity index (χ1v) is 6.59. The molecule has 2 nitrogen and oxygen atoms in total. The number of benzene rings is 1. The van der Waals surface area contributed by atoms with Gasteiger partial charge in [0.1, 0.15) is 0 Å². The number of hydrogen-bond donors (Lipinski definition) is 1. The van der Waals surface area contributed by atoms with Crippen LogP contribution in [0, 0.1) is 0 Å². The number of halogens is 2. The van der Waals surface area contributed by atoms with Gasteiger partial charge in [0.25, 0.3) is 0 Å². The van der Waals surface area contributed by atoms with Crippen molar-refractivity contribution in [3.8, 4) is 0 Å². The van der Waals surface area contributed by atoms with Crippen molar-refractivity contribution in [3.63, 3.8) is 0 Å². The molecule has 0 aliphatic rings. The monoisotopic (exact) mass is 275 g/mol. The molecule has 0 radical (unpaired) electrons. The van der Waals surface area contributed by atoms with E-state index in [0.717, 1.165) is 31.6 Å². The Morgan fingerprint density at radius 3 is 2.76 bits per heavy atom. The summed E-state index contributed by atoms with van der Waals surface area (Å²) < 4.78 is 5.11. The number of likely N-dealkylation sites (N-methyl/N-ethyl adjacent to an activating group) is 1. The summed E-state index contributed by atoms with van der Waals surface area (Å²) in [4.78, 5) is 0. The van der Waals surface area contributed by atoms with Gasteiger partial charge in [0.05, 0.1) is 10.0 Å². The summed E-state index contributed by atoms with van der Waals surface area (Å²) >= 11 is 12.2. The lowest BCUT2D eigenvalue weighted by Gasteiger charge is -2.18. The fourth-order valence-electron chi connectivity index (χ4n) is 1.80. The number of nitrogens with one attached hydrogen (secondary N) is 1. The minimum absolute atomic E-state index is 0.371. The molecule has 0 fully saturated rings. The van der Waals surface area contributed by atoms with Crippen LogP contribution >= 0.6 is 23.2 Å². The summed E-state index contributed by atoms with van der Waals surface area (Å²) in [6.07, 6.45) is 1.84. The van der Waals surface area contributed by atoms with Crippen molar-refractivity contribution in [2.45, 2.75) is 25.8 Å². The smallest absolute Gasteiger partial charge is 0.0624 e. The first kappa shape index (κ1) is 14.8. The molecule has 1 unspecified atom stereocenters. The van der Waals surface area contributed by atoms with Gasteiger partial charge < -0.3 is 10.1 Å². The summed E-state index contributed by atoms with van der Waals surface area (Å²) in [5, 5.41) is 4.71. The van der Waals surface area contributed by atoms with E-state index >= 15 is 0 Å². The fraction of sp³-hybridized carbons (Fsp3) is 0.538. The van der Waals surface area contributed by atoms with Gasteiger partial charge in [-0.2, -0.15) is 0 Å². The summed E-state index contributed by atoms with van der Waals surface area (Å²) in [6.45, 7) is 3.78. The average molecular weight is 276 g/mol. The Labute approximate surface area is 113 Å². The largest absolute Gasteiger partial charge is 0.385 e. The highest BCUT2D eigenvalue weighted by Crippen LogP contribution is 2.26. The Morgan fingerprint density at radius 2 is 2.12 bits per heavy atom. The van der Waals surface area contributed by atoms with Crippen LogP contribution in [0.5, 0.6) is 0 Å². The zero-order valence-corrected chi connectivity index (χ0v) is 11.8. The third-order valence-electron chi connectivity index (χ3n) is 2.66. The molecule has 1 aromatic rings. The maximum absolute atomic E-state index is 6.18. The summed E-state index contributed by atoms with van der Waals surface area (Å²) in [5.41, 5.74) is 1.08. The predicted octanol–water partition coefficient (Wildman–Crippen LogP) is 3.55. The van der Waals surface area contributed by atoms with E-state index in [0.29, 0.717) is 16.1 Å². The van der Waals surface area contributed by atoms with Gasteiger partial charge in [0.2, 0.25) is 0 Å². The molecule has 0 aliphatic carbocycles. The standard InChI is InChI=1S/C13H19Cl2NO/c1-3-16-11(7-8-17-2)9-10-5-4-6-12(14)13(10)15/h4-6,11,16H,3,7-9H2,1-2H3. The number of hydrogen-bond acceptors (Lipinski definition) is 2. The van der Waals surface area contributed by atoms with Crippen molar-refractivity contribution in [2.75, 3.05) is 20.3 Å². The molecule has 0 saturated heterocycles. The van der Waals surface area contributed by atoms with Crippen molar-refractivity contribution in [1.29, 1.82) is 0 Å². The highest BCUT2D eigenvalue weighted by Gasteiger charge is 2.11. The molecular weight excluding hydrogens is 257 g/mol. The number of methoxy groups -OCH3 is 1. The molecule has 0 amide bonds. The first-order valence-electron chi connectivity index (χ1n) is 5.84. The van der Waals surface area contributed by atoms with E-state index in [9.17, 15) is 0 Å². The van der Waals surface area contributed by atoms with Gasteiger partial charge in [0.15, 0.2) is 0 Å². The van der Waals surface area contributed by atoms with Crippen LogP contribution in [0.25, 0.3) is 0 Å². The van der Waals surface area contributed by atoms with E-state index in [1.807, 2.05) is 18.2 Å². The Kier molecular flexibility index (Phi) is 6.90. The van der Waals surface area contributed by atoms with Crippen LogP contribution in [-0.2, 0) is 11.2 Å². The highest BCUT2D eigenvalue weighted by atomic mass is 35.5. The second-order valence-corrected chi connectivity index (χ2v) is 4.74. The fourth-order valence-corrected chi connectivity index (χ4v) is 2.19. The number of rotatable bonds is 7. The van der Waals surface area contributed by atoms with Crippen LogP contribution in [0.15, 0.2) is 18.2 Å². The molecule has 0 spiro atoms. The van der Waals surface area contributed by atoms with E-state index < -0.39 is 0 Å². The molecule has 1 aromatic carbocycles. The van der Waals surface area contributed by atoms with Gasteiger partial charge in [-0.1, -0.05) is 42.3 Å². The molecule has 4 heteroatoms. The van der Waals surface area contributed by atoms with Crippen LogP contribution in [0.1, 0.15) is 18.9 Å². The highest BCUT2D eigenvalue weighted by molar-refractivity contribution is 6.42. The van der Waals surface area contributed by atoms with E-state index in [-0.39, 0.29) is 0 Å². The topological polar surface area (TPSA) is 21.3 Å². The zero-order chi connectivity index (χ0) is 12.7. The zero-order valence-electron chi connectivity index (χ0n) is 10.3. The molecule has 0 aromatic heterocycles. The van der Waals surface area contributed by atoms with Crippen molar-refractivity contribution in [3.05, 3.63) is 33.8 Å². The van der Waals surface area contributed by atoms with Crippen molar-refractivity contribution in [1.82, 2.24) is 5.32 Å². The Bertz CT molecular complexity index is 344. The third kappa shape index (κ3) is 4.84. The first-order chi connectivity index (χ1) is 8.19. The second kappa shape index (κ2) is 7.93. The minimum atomic E-state index is 0.371.